The minimum atomic E-state index is 0.180. The monoisotopic (exact) mass is 240 g/mol. The van der Waals surface area contributed by atoms with Gasteiger partial charge in [0.2, 0.25) is 0 Å². The van der Waals surface area contributed by atoms with E-state index < -0.39 is 0 Å². The van der Waals surface area contributed by atoms with Crippen molar-refractivity contribution in [3.8, 4) is 0 Å². The molecule has 5 heteroatoms. The van der Waals surface area contributed by atoms with Crippen molar-refractivity contribution in [1.29, 1.82) is 0 Å². The molecule has 0 aliphatic carbocycles. The fraction of sp³-hybridized carbons (Fsp3) is 0.727. The summed E-state index contributed by atoms with van der Waals surface area (Å²) in [4.78, 5) is 6.71. The van der Waals surface area contributed by atoms with E-state index in [1.165, 1.54) is 5.75 Å². The molecule has 90 valence electrons. The second-order valence-corrected chi connectivity index (χ2v) is 5.60. The zero-order chi connectivity index (χ0) is 11.5. The van der Waals surface area contributed by atoms with E-state index in [0.717, 1.165) is 24.5 Å². The summed E-state index contributed by atoms with van der Waals surface area (Å²) in [5.41, 5.74) is 6.29. The Kier molecular flexibility index (Phi) is 3.89. The van der Waals surface area contributed by atoms with Gasteiger partial charge in [-0.15, -0.1) is 0 Å². The van der Waals surface area contributed by atoms with Gasteiger partial charge in [-0.3, -0.25) is 0 Å². The van der Waals surface area contributed by atoms with Gasteiger partial charge in [0, 0.05) is 56.0 Å². The van der Waals surface area contributed by atoms with Gasteiger partial charge in [0.25, 0.3) is 0 Å². The summed E-state index contributed by atoms with van der Waals surface area (Å²) in [6.07, 6.45) is 4.67. The molecule has 16 heavy (non-hydrogen) atoms. The third kappa shape index (κ3) is 2.59. The number of nitrogens with two attached hydrogens (primary N) is 1. The first kappa shape index (κ1) is 12.0. The number of rotatable bonds is 3. The van der Waals surface area contributed by atoms with E-state index in [0.29, 0.717) is 6.04 Å². The molecule has 1 aliphatic rings. The zero-order valence-electron chi connectivity index (χ0n) is 9.97. The Bertz CT molecular complexity index is 338. The molecule has 2 unspecified atom stereocenters. The molecule has 2 heterocycles. The number of imidazole rings is 1. The van der Waals surface area contributed by atoms with Crippen molar-refractivity contribution in [3.63, 3.8) is 0 Å². The van der Waals surface area contributed by atoms with Gasteiger partial charge in [-0.2, -0.15) is 11.8 Å². The maximum Gasteiger partial charge on any atom is 0.109 e. The molecular formula is C11H20N4S. The molecule has 2 rings (SSSR count). The van der Waals surface area contributed by atoms with Crippen molar-refractivity contribution in [2.45, 2.75) is 18.5 Å². The Labute approximate surface area is 101 Å². The van der Waals surface area contributed by atoms with Crippen LogP contribution in [0.15, 0.2) is 12.4 Å². The van der Waals surface area contributed by atoms with Gasteiger partial charge in [-0.25, -0.2) is 4.98 Å². The van der Waals surface area contributed by atoms with Gasteiger partial charge in [-0.05, 0) is 7.05 Å². The zero-order valence-corrected chi connectivity index (χ0v) is 10.8. The van der Waals surface area contributed by atoms with Crippen LogP contribution in [0.25, 0.3) is 0 Å². The molecule has 0 saturated carbocycles. The summed E-state index contributed by atoms with van der Waals surface area (Å²) in [5, 5.41) is 0. The molecule has 2 N–H and O–H groups in total. The van der Waals surface area contributed by atoms with Crippen LogP contribution in [0.3, 0.4) is 0 Å². The summed E-state index contributed by atoms with van der Waals surface area (Å²) in [6.45, 7) is 1.14. The van der Waals surface area contributed by atoms with E-state index in [1.54, 1.807) is 0 Å². The minimum absolute atomic E-state index is 0.180. The fourth-order valence-corrected chi connectivity index (χ4v) is 3.42. The van der Waals surface area contributed by atoms with Crippen molar-refractivity contribution < 1.29 is 0 Å². The smallest absolute Gasteiger partial charge is 0.109 e. The summed E-state index contributed by atoms with van der Waals surface area (Å²) in [6, 6.07) is 0.661. The third-order valence-electron chi connectivity index (χ3n) is 3.28. The average Bonchev–Trinajstić information content (AvgIpc) is 2.65. The van der Waals surface area contributed by atoms with Crippen molar-refractivity contribution in [2.24, 2.45) is 12.8 Å². The molecule has 1 aromatic rings. The first-order chi connectivity index (χ1) is 7.68. The van der Waals surface area contributed by atoms with Gasteiger partial charge in [0.15, 0.2) is 0 Å². The van der Waals surface area contributed by atoms with Crippen LogP contribution in [0.4, 0.5) is 0 Å². The number of thioether (sulfide) groups is 1. The Morgan fingerprint density at radius 3 is 3.06 bits per heavy atom. The van der Waals surface area contributed by atoms with E-state index in [-0.39, 0.29) is 6.04 Å². The number of hydrogen-bond acceptors (Lipinski definition) is 4. The average molecular weight is 240 g/mol. The van der Waals surface area contributed by atoms with Gasteiger partial charge in [-0.1, -0.05) is 0 Å². The lowest BCUT2D eigenvalue weighted by molar-refractivity contribution is 0.233. The van der Waals surface area contributed by atoms with Crippen molar-refractivity contribution in [2.75, 3.05) is 25.1 Å². The van der Waals surface area contributed by atoms with Gasteiger partial charge in [0.05, 0.1) is 0 Å². The van der Waals surface area contributed by atoms with Crippen LogP contribution < -0.4 is 5.73 Å². The highest BCUT2D eigenvalue weighted by molar-refractivity contribution is 7.99. The number of aryl methyl sites for hydroxylation is 1. The predicted octanol–water partition coefficient (Wildman–Crippen LogP) is 0.337. The SMILES string of the molecule is CN1CCSCC1C(N)Cc1nccn1C. The van der Waals surface area contributed by atoms with Crippen molar-refractivity contribution >= 4 is 11.8 Å². The van der Waals surface area contributed by atoms with E-state index in [2.05, 4.69) is 21.5 Å². The molecule has 0 amide bonds. The normalized spacial score (nSPS) is 24.6. The van der Waals surface area contributed by atoms with E-state index in [4.69, 9.17) is 5.73 Å². The number of aromatic nitrogens is 2. The summed E-state index contributed by atoms with van der Waals surface area (Å²) < 4.78 is 2.05. The predicted molar refractivity (Wildman–Crippen MR) is 68.6 cm³/mol. The lowest BCUT2D eigenvalue weighted by Crippen LogP contribution is -2.51. The molecular weight excluding hydrogens is 220 g/mol. The second kappa shape index (κ2) is 5.21. The van der Waals surface area contributed by atoms with Gasteiger partial charge < -0.3 is 15.2 Å². The van der Waals surface area contributed by atoms with Gasteiger partial charge in [0.1, 0.15) is 5.82 Å². The maximum atomic E-state index is 6.29. The van der Waals surface area contributed by atoms with Crippen LogP contribution >= 0.6 is 11.8 Å². The lowest BCUT2D eigenvalue weighted by atomic mass is 10.1. The minimum Gasteiger partial charge on any atom is -0.338 e. The van der Waals surface area contributed by atoms with Crippen molar-refractivity contribution in [3.05, 3.63) is 18.2 Å². The number of hydrogen-bond donors (Lipinski definition) is 1. The van der Waals surface area contributed by atoms with Crippen molar-refractivity contribution in [1.82, 2.24) is 14.5 Å². The molecule has 1 fully saturated rings. The lowest BCUT2D eigenvalue weighted by Gasteiger charge is -2.35. The molecule has 0 bridgehead atoms. The molecule has 1 saturated heterocycles. The highest BCUT2D eigenvalue weighted by Crippen LogP contribution is 2.18. The highest BCUT2D eigenvalue weighted by Gasteiger charge is 2.26. The summed E-state index contributed by atoms with van der Waals surface area (Å²) in [5.74, 6) is 3.45. The fourth-order valence-electron chi connectivity index (χ4n) is 2.10. The van der Waals surface area contributed by atoms with E-state index in [9.17, 15) is 0 Å². The molecule has 1 aliphatic heterocycles. The Morgan fingerprint density at radius 2 is 2.44 bits per heavy atom. The summed E-state index contributed by atoms with van der Waals surface area (Å²) in [7, 11) is 4.19. The highest BCUT2D eigenvalue weighted by atomic mass is 32.2. The van der Waals surface area contributed by atoms with Gasteiger partial charge >= 0.3 is 0 Å². The Balaban J connectivity index is 1.96. The largest absolute Gasteiger partial charge is 0.338 e. The quantitative estimate of drug-likeness (QED) is 0.827. The van der Waals surface area contributed by atoms with Crippen LogP contribution in [-0.4, -0.2) is 51.6 Å². The molecule has 4 nitrogen and oxygen atoms in total. The number of likely N-dealkylation sites (N-methyl/N-ethyl adjacent to an activating group) is 1. The maximum absolute atomic E-state index is 6.29. The molecule has 0 spiro atoms. The van der Waals surface area contributed by atoms with E-state index in [1.807, 2.05) is 31.2 Å². The molecule has 0 aromatic carbocycles. The topological polar surface area (TPSA) is 47.1 Å². The van der Waals surface area contributed by atoms with E-state index >= 15 is 0 Å². The van der Waals surface area contributed by atoms with Crippen LogP contribution in [0.5, 0.6) is 0 Å². The van der Waals surface area contributed by atoms with Crippen LogP contribution in [-0.2, 0) is 13.5 Å². The molecule has 2 atom stereocenters. The Morgan fingerprint density at radius 1 is 1.62 bits per heavy atom. The van der Waals surface area contributed by atoms with Crippen LogP contribution in [0.2, 0.25) is 0 Å². The number of nitrogens with zero attached hydrogens (tertiary/aromatic N) is 3. The molecule has 0 radical (unpaired) electrons. The first-order valence-electron chi connectivity index (χ1n) is 5.68. The van der Waals surface area contributed by atoms with Crippen LogP contribution in [0.1, 0.15) is 5.82 Å². The van der Waals surface area contributed by atoms with Crippen LogP contribution in [0, 0.1) is 0 Å². The second-order valence-electron chi connectivity index (χ2n) is 4.45. The first-order valence-corrected chi connectivity index (χ1v) is 6.83. The summed E-state index contributed by atoms with van der Waals surface area (Å²) >= 11 is 2.00. The standard InChI is InChI=1S/C11H20N4S/c1-14-5-6-16-8-10(14)9(12)7-11-13-3-4-15(11)2/h3-4,9-10H,5-8,12H2,1-2H3. The molecule has 1 aromatic heterocycles. The third-order valence-corrected chi connectivity index (χ3v) is 4.33. The Hall–Kier alpha value is -0.520.